The third-order valence-corrected chi connectivity index (χ3v) is 9.21. The zero-order valence-electron chi connectivity index (χ0n) is 25.9. The highest BCUT2D eigenvalue weighted by molar-refractivity contribution is 6.11. The maximum atomic E-state index is 6.11. The molecule has 2 heterocycles. The molecule has 0 saturated heterocycles. The SMILES string of the molecule is Cc1cccc2oc(-c3ccc(-c4ccccc4-c4ccccc4-c4ccc5c(c4)c4ccccc4n5-c4ccccc4)cc3)nc12. The molecule has 0 spiro atoms. The molecule has 0 saturated carbocycles. The fraction of sp³-hybridized carbons (Fsp3) is 0.0227. The molecule has 7 aromatic carbocycles. The second-order valence-electron chi connectivity index (χ2n) is 12.0. The Morgan fingerprint density at radius 1 is 0.468 bits per heavy atom. The summed E-state index contributed by atoms with van der Waals surface area (Å²) in [5, 5.41) is 2.50. The largest absolute Gasteiger partial charge is 0.436 e. The van der Waals surface area contributed by atoms with Crippen LogP contribution in [0.1, 0.15) is 5.56 Å². The first-order valence-electron chi connectivity index (χ1n) is 16.0. The van der Waals surface area contributed by atoms with Crippen LogP contribution in [-0.2, 0) is 0 Å². The summed E-state index contributed by atoms with van der Waals surface area (Å²) in [6, 6.07) is 58.2. The van der Waals surface area contributed by atoms with E-state index in [1.165, 1.54) is 49.6 Å². The Balaban J connectivity index is 1.14. The van der Waals surface area contributed by atoms with Gasteiger partial charge in [-0.25, -0.2) is 4.98 Å². The van der Waals surface area contributed by atoms with Crippen LogP contribution in [0.15, 0.2) is 168 Å². The molecule has 0 aliphatic heterocycles. The smallest absolute Gasteiger partial charge is 0.227 e. The summed E-state index contributed by atoms with van der Waals surface area (Å²) in [5.41, 5.74) is 14.5. The number of fused-ring (bicyclic) bond motifs is 4. The molecule has 222 valence electrons. The normalized spacial score (nSPS) is 11.5. The van der Waals surface area contributed by atoms with Gasteiger partial charge in [-0.2, -0.15) is 0 Å². The Morgan fingerprint density at radius 2 is 1.06 bits per heavy atom. The van der Waals surface area contributed by atoms with Crippen LogP contribution < -0.4 is 0 Å². The van der Waals surface area contributed by atoms with E-state index in [1.54, 1.807) is 0 Å². The van der Waals surface area contributed by atoms with E-state index in [1.807, 2.05) is 12.1 Å². The first-order valence-corrected chi connectivity index (χ1v) is 16.0. The van der Waals surface area contributed by atoms with Crippen LogP contribution in [0, 0.1) is 6.92 Å². The quantitative estimate of drug-likeness (QED) is 0.196. The lowest BCUT2D eigenvalue weighted by atomic mass is 9.89. The lowest BCUT2D eigenvalue weighted by Crippen LogP contribution is -1.93. The van der Waals surface area contributed by atoms with Crippen molar-refractivity contribution in [2.45, 2.75) is 6.92 Å². The lowest BCUT2D eigenvalue weighted by Gasteiger charge is -2.15. The van der Waals surface area contributed by atoms with Gasteiger partial charge in [-0.05, 0) is 94.4 Å². The highest BCUT2D eigenvalue weighted by Gasteiger charge is 2.17. The van der Waals surface area contributed by atoms with Crippen molar-refractivity contribution in [1.29, 1.82) is 0 Å². The molecule has 0 fully saturated rings. The molecule has 9 rings (SSSR count). The van der Waals surface area contributed by atoms with Crippen molar-refractivity contribution < 1.29 is 4.42 Å². The monoisotopic (exact) mass is 602 g/mol. The van der Waals surface area contributed by atoms with E-state index in [2.05, 4.69) is 163 Å². The summed E-state index contributed by atoms with van der Waals surface area (Å²) in [4.78, 5) is 4.79. The van der Waals surface area contributed by atoms with Crippen LogP contribution in [0.3, 0.4) is 0 Å². The third kappa shape index (κ3) is 4.55. The van der Waals surface area contributed by atoms with Gasteiger partial charge in [0.05, 0.1) is 11.0 Å². The number of para-hydroxylation sites is 3. The molecule has 0 aliphatic carbocycles. The van der Waals surface area contributed by atoms with Gasteiger partial charge in [0.15, 0.2) is 5.58 Å². The number of rotatable bonds is 5. The van der Waals surface area contributed by atoms with Crippen molar-refractivity contribution in [2.24, 2.45) is 0 Å². The van der Waals surface area contributed by atoms with E-state index < -0.39 is 0 Å². The Hall–Kier alpha value is -6.19. The third-order valence-electron chi connectivity index (χ3n) is 9.21. The molecule has 0 radical (unpaired) electrons. The molecule has 9 aromatic rings. The Morgan fingerprint density at radius 3 is 1.81 bits per heavy atom. The van der Waals surface area contributed by atoms with E-state index in [9.17, 15) is 0 Å². The predicted molar refractivity (Wildman–Crippen MR) is 195 cm³/mol. The second kappa shape index (κ2) is 11.0. The minimum absolute atomic E-state index is 0.642. The van der Waals surface area contributed by atoms with E-state index >= 15 is 0 Å². The molecule has 0 bridgehead atoms. The van der Waals surface area contributed by atoms with Crippen molar-refractivity contribution in [1.82, 2.24) is 9.55 Å². The van der Waals surface area contributed by atoms with Gasteiger partial charge in [-0.15, -0.1) is 0 Å². The minimum atomic E-state index is 0.642. The van der Waals surface area contributed by atoms with Gasteiger partial charge < -0.3 is 8.98 Å². The van der Waals surface area contributed by atoms with Crippen molar-refractivity contribution in [3.63, 3.8) is 0 Å². The number of nitrogens with zero attached hydrogens (tertiary/aromatic N) is 2. The fourth-order valence-corrected chi connectivity index (χ4v) is 6.94. The molecule has 3 heteroatoms. The highest BCUT2D eigenvalue weighted by atomic mass is 16.3. The van der Waals surface area contributed by atoms with Gasteiger partial charge in [-0.1, -0.05) is 115 Å². The van der Waals surface area contributed by atoms with Crippen molar-refractivity contribution in [2.75, 3.05) is 0 Å². The topological polar surface area (TPSA) is 31.0 Å². The number of oxazole rings is 1. The van der Waals surface area contributed by atoms with Crippen LogP contribution in [-0.4, -0.2) is 9.55 Å². The molecule has 0 amide bonds. The second-order valence-corrected chi connectivity index (χ2v) is 12.0. The number of hydrogen-bond donors (Lipinski definition) is 0. The number of aromatic nitrogens is 2. The number of aryl methyl sites for hydroxylation is 1. The van der Waals surface area contributed by atoms with Crippen molar-refractivity contribution >= 4 is 32.9 Å². The average Bonchev–Trinajstić information content (AvgIpc) is 3.73. The van der Waals surface area contributed by atoms with E-state index in [0.717, 1.165) is 33.5 Å². The Labute approximate surface area is 273 Å². The van der Waals surface area contributed by atoms with Crippen molar-refractivity contribution in [3.05, 3.63) is 169 Å². The first-order chi connectivity index (χ1) is 23.2. The summed E-state index contributed by atoms with van der Waals surface area (Å²) in [7, 11) is 0. The molecule has 0 unspecified atom stereocenters. The molecule has 0 N–H and O–H groups in total. The maximum Gasteiger partial charge on any atom is 0.227 e. The van der Waals surface area contributed by atoms with E-state index in [0.29, 0.717) is 5.89 Å². The van der Waals surface area contributed by atoms with Gasteiger partial charge in [0.25, 0.3) is 0 Å². The first kappa shape index (κ1) is 27.1. The van der Waals surface area contributed by atoms with Gasteiger partial charge in [0.1, 0.15) is 5.52 Å². The van der Waals surface area contributed by atoms with Gasteiger partial charge in [0, 0.05) is 22.0 Å². The van der Waals surface area contributed by atoms with Crippen LogP contribution in [0.5, 0.6) is 0 Å². The van der Waals surface area contributed by atoms with Crippen LogP contribution in [0.25, 0.3) is 83.4 Å². The summed E-state index contributed by atoms with van der Waals surface area (Å²) in [6.07, 6.45) is 0. The molecule has 47 heavy (non-hydrogen) atoms. The number of benzene rings is 7. The highest BCUT2D eigenvalue weighted by Crippen LogP contribution is 2.41. The standard InChI is InChI=1S/C44H30N2O/c1-29-12-11-21-42-43(29)45-44(47-42)31-24-22-30(23-25-31)34-15-5-7-17-36(34)37-18-8-6-16-35(37)32-26-27-41-39(28-32)38-19-9-10-20-40(38)46(41)33-13-3-2-4-14-33/h2-28H,1H3. The van der Waals surface area contributed by atoms with Gasteiger partial charge in [0.2, 0.25) is 5.89 Å². The number of hydrogen-bond acceptors (Lipinski definition) is 2. The van der Waals surface area contributed by atoms with Crippen LogP contribution >= 0.6 is 0 Å². The van der Waals surface area contributed by atoms with E-state index in [-0.39, 0.29) is 0 Å². The molecular weight excluding hydrogens is 572 g/mol. The predicted octanol–water partition coefficient (Wildman–Crippen LogP) is 11.9. The summed E-state index contributed by atoms with van der Waals surface area (Å²) >= 11 is 0. The van der Waals surface area contributed by atoms with Crippen LogP contribution in [0.4, 0.5) is 0 Å². The van der Waals surface area contributed by atoms with E-state index in [4.69, 9.17) is 9.40 Å². The zero-order chi connectivity index (χ0) is 31.3. The molecule has 2 aromatic heterocycles. The zero-order valence-corrected chi connectivity index (χ0v) is 25.9. The van der Waals surface area contributed by atoms with Gasteiger partial charge >= 0.3 is 0 Å². The molecule has 0 aliphatic rings. The molecule has 3 nitrogen and oxygen atoms in total. The average molecular weight is 603 g/mol. The Bertz CT molecular complexity index is 2570. The minimum Gasteiger partial charge on any atom is -0.436 e. The summed E-state index contributed by atoms with van der Waals surface area (Å²) in [5.74, 6) is 0.642. The summed E-state index contributed by atoms with van der Waals surface area (Å²) < 4.78 is 8.47. The maximum absolute atomic E-state index is 6.11. The fourth-order valence-electron chi connectivity index (χ4n) is 6.94. The van der Waals surface area contributed by atoms with Crippen LogP contribution in [0.2, 0.25) is 0 Å². The summed E-state index contributed by atoms with van der Waals surface area (Å²) in [6.45, 7) is 2.06. The van der Waals surface area contributed by atoms with Gasteiger partial charge in [-0.3, -0.25) is 0 Å². The lowest BCUT2D eigenvalue weighted by molar-refractivity contribution is 0.620. The van der Waals surface area contributed by atoms with Crippen molar-refractivity contribution in [3.8, 4) is 50.5 Å². The Kier molecular flexibility index (Phi) is 6.36. The molecule has 0 atom stereocenters. The molecular formula is C44H30N2O.